The van der Waals surface area contributed by atoms with E-state index in [1.54, 1.807) is 49.4 Å². The Labute approximate surface area is 200 Å². The smallest absolute Gasteiger partial charge is 0.301 e. The van der Waals surface area contributed by atoms with Crippen LogP contribution in [0, 0.1) is 6.92 Å². The third-order valence-electron chi connectivity index (χ3n) is 5.17. The molecule has 4 rings (SSSR count). The molecule has 1 fully saturated rings. The molecule has 0 bridgehead atoms. The summed E-state index contributed by atoms with van der Waals surface area (Å²) in [6, 6.07) is 11.9. The van der Waals surface area contributed by atoms with Gasteiger partial charge in [-0.3, -0.25) is 14.5 Å². The molecule has 1 atom stereocenters. The average molecular weight is 487 g/mol. The van der Waals surface area contributed by atoms with Gasteiger partial charge in [-0.25, -0.2) is 0 Å². The number of benzene rings is 2. The van der Waals surface area contributed by atoms with Crippen LogP contribution >= 0.6 is 23.2 Å². The number of Topliss-reactive ketones (excluding diaryl/α,β-unsaturated/α-hetero) is 1. The van der Waals surface area contributed by atoms with Crippen molar-refractivity contribution >= 4 is 46.5 Å². The molecule has 33 heavy (non-hydrogen) atoms. The van der Waals surface area contributed by atoms with E-state index in [-0.39, 0.29) is 22.2 Å². The molecule has 2 aromatic carbocycles. The Bertz CT molecular complexity index is 1250. The van der Waals surface area contributed by atoms with Gasteiger partial charge in [-0.05, 0) is 55.3 Å². The topological polar surface area (TPSA) is 92.9 Å². The van der Waals surface area contributed by atoms with E-state index in [0.717, 1.165) is 6.42 Å². The minimum atomic E-state index is -0.986. The molecule has 1 aromatic heterocycles. The average Bonchev–Trinajstić information content (AvgIpc) is 3.34. The molecule has 1 aliphatic heterocycles. The number of ether oxygens (including phenoxy) is 1. The van der Waals surface area contributed by atoms with Gasteiger partial charge in [-0.1, -0.05) is 41.3 Å². The Hall–Kier alpha value is -3.29. The molecule has 1 N–H and O–H groups in total. The highest BCUT2D eigenvalue weighted by Gasteiger charge is 2.48. The second-order valence-electron chi connectivity index (χ2n) is 7.51. The van der Waals surface area contributed by atoms with E-state index in [9.17, 15) is 14.7 Å². The number of amides is 1. The third kappa shape index (κ3) is 4.34. The monoisotopic (exact) mass is 486 g/mol. The highest BCUT2D eigenvalue weighted by molar-refractivity contribution is 6.51. The fourth-order valence-corrected chi connectivity index (χ4v) is 3.92. The molecule has 0 saturated carbocycles. The van der Waals surface area contributed by atoms with E-state index in [0.29, 0.717) is 34.3 Å². The Morgan fingerprint density at radius 3 is 2.45 bits per heavy atom. The lowest BCUT2D eigenvalue weighted by Gasteiger charge is -2.23. The van der Waals surface area contributed by atoms with Crippen LogP contribution in [0.1, 0.15) is 36.3 Å². The Morgan fingerprint density at radius 2 is 1.85 bits per heavy atom. The molecule has 3 aromatic rings. The zero-order valence-electron chi connectivity index (χ0n) is 17.8. The molecule has 2 heterocycles. The predicted octanol–water partition coefficient (Wildman–Crippen LogP) is 5.70. The number of aryl methyl sites for hydroxylation is 1. The standard InChI is InChI=1S/C24H20Cl2N2O5/c1-3-10-32-16-7-4-14(5-8-16)22(29)20-21(15-6-9-17(25)18(26)12-15)28(24(31)23(20)30)19-11-13(2)33-27-19/h4-9,11-12,21,29H,3,10H2,1-2H3/t21-/m1/s1. The number of carbonyl (C=O) groups excluding carboxylic acids is 2. The molecule has 0 spiro atoms. The van der Waals surface area contributed by atoms with E-state index >= 15 is 0 Å². The number of aliphatic hydroxyl groups excluding tert-OH is 1. The lowest BCUT2D eigenvalue weighted by molar-refractivity contribution is -0.132. The SMILES string of the molecule is CCCOc1ccc(C(O)=C2C(=O)C(=O)N(c3cc(C)on3)[C@@H]2c2ccc(Cl)c(Cl)c2)cc1. The van der Waals surface area contributed by atoms with Crippen molar-refractivity contribution in [1.82, 2.24) is 5.16 Å². The van der Waals surface area contributed by atoms with Gasteiger partial charge in [0.1, 0.15) is 17.3 Å². The second-order valence-corrected chi connectivity index (χ2v) is 8.33. The Balaban J connectivity index is 1.86. The van der Waals surface area contributed by atoms with Crippen LogP contribution in [0.15, 0.2) is 58.6 Å². The van der Waals surface area contributed by atoms with Gasteiger partial charge in [0.15, 0.2) is 5.82 Å². The van der Waals surface area contributed by atoms with Gasteiger partial charge in [0.2, 0.25) is 0 Å². The lowest BCUT2D eigenvalue weighted by Crippen LogP contribution is -2.29. The van der Waals surface area contributed by atoms with Crippen LogP contribution in [0.3, 0.4) is 0 Å². The molecule has 9 heteroatoms. The Morgan fingerprint density at radius 1 is 1.12 bits per heavy atom. The zero-order valence-corrected chi connectivity index (χ0v) is 19.4. The fraction of sp³-hybridized carbons (Fsp3) is 0.208. The second kappa shape index (κ2) is 9.29. The number of anilines is 1. The first kappa shape index (κ1) is 22.9. The van der Waals surface area contributed by atoms with Gasteiger partial charge in [-0.15, -0.1) is 0 Å². The molecule has 0 radical (unpaired) electrons. The molecule has 170 valence electrons. The van der Waals surface area contributed by atoms with Crippen molar-refractivity contribution in [3.05, 3.63) is 81.0 Å². The third-order valence-corrected chi connectivity index (χ3v) is 5.91. The van der Waals surface area contributed by atoms with Gasteiger partial charge < -0.3 is 14.4 Å². The van der Waals surface area contributed by atoms with E-state index < -0.39 is 17.7 Å². The number of halogens is 2. The fourth-order valence-electron chi connectivity index (χ4n) is 3.62. The van der Waals surface area contributed by atoms with Gasteiger partial charge in [0.25, 0.3) is 5.78 Å². The van der Waals surface area contributed by atoms with Gasteiger partial charge in [-0.2, -0.15) is 0 Å². The summed E-state index contributed by atoms with van der Waals surface area (Å²) >= 11 is 12.3. The molecule has 1 saturated heterocycles. The molecule has 0 aliphatic carbocycles. The van der Waals surface area contributed by atoms with Gasteiger partial charge in [0, 0.05) is 11.6 Å². The first-order valence-electron chi connectivity index (χ1n) is 10.2. The van der Waals surface area contributed by atoms with Gasteiger partial charge in [0.05, 0.1) is 28.3 Å². The van der Waals surface area contributed by atoms with Crippen LogP contribution in [-0.2, 0) is 9.59 Å². The molecular weight excluding hydrogens is 467 g/mol. The highest BCUT2D eigenvalue weighted by atomic mass is 35.5. The first-order valence-corrected chi connectivity index (χ1v) is 11.0. The van der Waals surface area contributed by atoms with Crippen molar-refractivity contribution in [2.75, 3.05) is 11.5 Å². The van der Waals surface area contributed by atoms with Crippen LogP contribution in [0.2, 0.25) is 10.0 Å². The normalized spacial score (nSPS) is 17.6. The summed E-state index contributed by atoms with van der Waals surface area (Å²) in [6.07, 6.45) is 0.857. The lowest BCUT2D eigenvalue weighted by atomic mass is 9.95. The van der Waals surface area contributed by atoms with Crippen molar-refractivity contribution in [2.24, 2.45) is 0 Å². The van der Waals surface area contributed by atoms with Gasteiger partial charge >= 0.3 is 5.91 Å². The zero-order chi connectivity index (χ0) is 23.7. The van der Waals surface area contributed by atoms with E-state index in [4.69, 9.17) is 32.5 Å². The van der Waals surface area contributed by atoms with Crippen molar-refractivity contribution in [3.8, 4) is 5.75 Å². The minimum absolute atomic E-state index is 0.0960. The molecular formula is C24H20Cl2N2O5. The van der Waals surface area contributed by atoms with Crippen LogP contribution in [0.5, 0.6) is 5.75 Å². The van der Waals surface area contributed by atoms with Crippen LogP contribution in [0.4, 0.5) is 5.82 Å². The number of aliphatic hydroxyl groups is 1. The summed E-state index contributed by atoms with van der Waals surface area (Å²) in [7, 11) is 0. The van der Waals surface area contributed by atoms with Crippen molar-refractivity contribution in [3.63, 3.8) is 0 Å². The number of hydrogen-bond donors (Lipinski definition) is 1. The first-order chi connectivity index (χ1) is 15.8. The summed E-state index contributed by atoms with van der Waals surface area (Å²) in [4.78, 5) is 27.3. The molecule has 1 amide bonds. The van der Waals surface area contributed by atoms with Crippen LogP contribution in [0.25, 0.3) is 5.76 Å². The van der Waals surface area contributed by atoms with E-state index in [2.05, 4.69) is 5.16 Å². The minimum Gasteiger partial charge on any atom is -0.507 e. The largest absolute Gasteiger partial charge is 0.507 e. The van der Waals surface area contributed by atoms with E-state index in [1.807, 2.05) is 6.92 Å². The number of aromatic nitrogens is 1. The summed E-state index contributed by atoms with van der Waals surface area (Å²) in [5.74, 6) is -0.781. The summed E-state index contributed by atoms with van der Waals surface area (Å²) in [6.45, 7) is 4.23. The number of nitrogens with zero attached hydrogens (tertiary/aromatic N) is 2. The molecule has 7 nitrogen and oxygen atoms in total. The number of rotatable bonds is 6. The maximum Gasteiger partial charge on any atom is 0.301 e. The number of carbonyl (C=O) groups is 2. The highest BCUT2D eigenvalue weighted by Crippen LogP contribution is 2.43. The maximum absolute atomic E-state index is 13.1. The maximum atomic E-state index is 13.1. The Kier molecular flexibility index (Phi) is 6.44. The summed E-state index contributed by atoms with van der Waals surface area (Å²) in [5.41, 5.74) is 0.744. The van der Waals surface area contributed by atoms with Crippen molar-refractivity contribution in [1.29, 1.82) is 0 Å². The van der Waals surface area contributed by atoms with Crippen molar-refractivity contribution < 1.29 is 24.0 Å². The van der Waals surface area contributed by atoms with E-state index in [1.165, 1.54) is 11.0 Å². The predicted molar refractivity (Wildman–Crippen MR) is 125 cm³/mol. The van der Waals surface area contributed by atoms with Crippen molar-refractivity contribution in [2.45, 2.75) is 26.3 Å². The number of hydrogen-bond acceptors (Lipinski definition) is 6. The quantitative estimate of drug-likeness (QED) is 0.272. The number of ketones is 1. The van der Waals surface area contributed by atoms with Crippen LogP contribution < -0.4 is 9.64 Å². The summed E-state index contributed by atoms with van der Waals surface area (Å²) in [5, 5.41) is 15.6. The van der Waals surface area contributed by atoms with Crippen LogP contribution in [-0.4, -0.2) is 28.6 Å². The summed E-state index contributed by atoms with van der Waals surface area (Å²) < 4.78 is 10.7. The molecule has 1 aliphatic rings. The molecule has 0 unspecified atom stereocenters.